The molecule has 2 saturated heterocycles. The molecule has 2 N–H and O–H groups in total. The highest BCUT2D eigenvalue weighted by Gasteiger charge is 2.34. The molecule has 2 aliphatic rings. The summed E-state index contributed by atoms with van der Waals surface area (Å²) in [4.78, 5) is 9.65. The lowest BCUT2D eigenvalue weighted by Crippen LogP contribution is -2.55. The van der Waals surface area contributed by atoms with Crippen LogP contribution in [0.2, 0.25) is 0 Å². The molecule has 3 unspecified atom stereocenters. The number of rotatable bonds is 2. The molecule has 4 heteroatoms. The fourth-order valence-electron chi connectivity index (χ4n) is 3.38. The number of fused-ring (bicyclic) bond motifs is 1. The van der Waals surface area contributed by atoms with Gasteiger partial charge in [0.25, 0.3) is 0 Å². The Morgan fingerprint density at radius 1 is 1.42 bits per heavy atom. The van der Waals surface area contributed by atoms with Crippen LogP contribution in [0.1, 0.15) is 38.3 Å². The van der Waals surface area contributed by atoms with Crippen molar-refractivity contribution >= 4 is 5.82 Å². The second-order valence-electron chi connectivity index (χ2n) is 6.03. The third-order valence-electron chi connectivity index (χ3n) is 4.53. The zero-order valence-corrected chi connectivity index (χ0v) is 11.9. The van der Waals surface area contributed by atoms with Gasteiger partial charge < -0.3 is 10.6 Å². The summed E-state index contributed by atoms with van der Waals surface area (Å²) in [5.74, 6) is 1.09. The number of aromatic nitrogens is 1. The average molecular weight is 260 g/mol. The first-order chi connectivity index (χ1) is 9.15. The highest BCUT2D eigenvalue weighted by molar-refractivity contribution is 5.44. The van der Waals surface area contributed by atoms with Gasteiger partial charge in [0.15, 0.2) is 0 Å². The summed E-state index contributed by atoms with van der Waals surface area (Å²) in [6, 6.07) is 5.50. The van der Waals surface area contributed by atoms with Crippen LogP contribution in [0, 0.1) is 0 Å². The Kier molecular flexibility index (Phi) is 3.46. The molecule has 2 fully saturated rings. The monoisotopic (exact) mass is 260 g/mol. The molecule has 0 bridgehead atoms. The van der Waals surface area contributed by atoms with Crippen LogP contribution in [0.5, 0.6) is 0 Å². The first kappa shape index (κ1) is 12.9. The van der Waals surface area contributed by atoms with Crippen LogP contribution in [0.4, 0.5) is 5.82 Å². The van der Waals surface area contributed by atoms with Gasteiger partial charge in [-0.05, 0) is 50.9 Å². The number of hydrogen-bond donors (Lipinski definition) is 1. The van der Waals surface area contributed by atoms with Crippen molar-refractivity contribution in [2.75, 3.05) is 24.5 Å². The van der Waals surface area contributed by atoms with E-state index in [1.165, 1.54) is 24.9 Å². The summed E-state index contributed by atoms with van der Waals surface area (Å²) in [7, 11) is 0. The summed E-state index contributed by atoms with van der Waals surface area (Å²) >= 11 is 0. The maximum Gasteiger partial charge on any atom is 0.129 e. The maximum absolute atomic E-state index is 5.98. The molecule has 3 rings (SSSR count). The molecule has 19 heavy (non-hydrogen) atoms. The van der Waals surface area contributed by atoms with Crippen molar-refractivity contribution in [2.45, 2.75) is 44.8 Å². The standard InChI is InChI=1S/C15H24N4/c1-11-9-18-7-3-4-14(18)10-19(11)15-8-13(12(2)16)5-6-17-15/h5-6,8,11-12,14H,3-4,7,9-10,16H2,1-2H3. The largest absolute Gasteiger partial charge is 0.351 e. The Bertz CT molecular complexity index is 446. The minimum absolute atomic E-state index is 0.0739. The molecule has 3 atom stereocenters. The summed E-state index contributed by atoms with van der Waals surface area (Å²) < 4.78 is 0. The molecule has 0 radical (unpaired) electrons. The van der Waals surface area contributed by atoms with E-state index < -0.39 is 0 Å². The maximum atomic E-state index is 5.98. The Labute approximate surface area is 115 Å². The van der Waals surface area contributed by atoms with Crippen LogP contribution in [-0.2, 0) is 0 Å². The lowest BCUT2D eigenvalue weighted by atomic mass is 10.1. The molecule has 2 aliphatic heterocycles. The van der Waals surface area contributed by atoms with E-state index in [4.69, 9.17) is 5.73 Å². The van der Waals surface area contributed by atoms with Crippen LogP contribution in [0.15, 0.2) is 18.3 Å². The zero-order valence-electron chi connectivity index (χ0n) is 11.9. The predicted octanol–water partition coefficient (Wildman–Crippen LogP) is 1.77. The highest BCUT2D eigenvalue weighted by Crippen LogP contribution is 2.28. The molecule has 1 aromatic rings. The van der Waals surface area contributed by atoms with Gasteiger partial charge in [-0.3, -0.25) is 4.90 Å². The van der Waals surface area contributed by atoms with Crippen molar-refractivity contribution in [3.8, 4) is 0 Å². The second-order valence-corrected chi connectivity index (χ2v) is 6.03. The van der Waals surface area contributed by atoms with Crippen LogP contribution >= 0.6 is 0 Å². The number of hydrogen-bond acceptors (Lipinski definition) is 4. The van der Waals surface area contributed by atoms with E-state index in [1.807, 2.05) is 19.2 Å². The van der Waals surface area contributed by atoms with Crippen molar-refractivity contribution in [1.29, 1.82) is 0 Å². The molecule has 0 spiro atoms. The topological polar surface area (TPSA) is 45.4 Å². The quantitative estimate of drug-likeness (QED) is 0.880. The van der Waals surface area contributed by atoms with Gasteiger partial charge in [0.1, 0.15) is 5.82 Å². The zero-order chi connectivity index (χ0) is 13.4. The minimum Gasteiger partial charge on any atom is -0.351 e. The van der Waals surface area contributed by atoms with Crippen LogP contribution in [0.25, 0.3) is 0 Å². The summed E-state index contributed by atoms with van der Waals surface area (Å²) in [5, 5.41) is 0. The van der Waals surface area contributed by atoms with Gasteiger partial charge in [0.2, 0.25) is 0 Å². The van der Waals surface area contributed by atoms with Crippen LogP contribution in [0.3, 0.4) is 0 Å². The van der Waals surface area contributed by atoms with E-state index in [-0.39, 0.29) is 6.04 Å². The summed E-state index contributed by atoms with van der Waals surface area (Å²) in [5.41, 5.74) is 7.15. The fraction of sp³-hybridized carbons (Fsp3) is 0.667. The molecule has 0 saturated carbocycles. The lowest BCUT2D eigenvalue weighted by Gasteiger charge is -2.43. The SMILES string of the molecule is CC(N)c1ccnc(N2CC3CCCN3CC2C)c1. The molecule has 4 nitrogen and oxygen atoms in total. The van der Waals surface area contributed by atoms with E-state index in [9.17, 15) is 0 Å². The summed E-state index contributed by atoms with van der Waals surface area (Å²) in [6.07, 6.45) is 4.57. The molecule has 104 valence electrons. The number of nitrogens with two attached hydrogens (primary N) is 1. The van der Waals surface area contributed by atoms with Gasteiger partial charge >= 0.3 is 0 Å². The third kappa shape index (κ3) is 2.47. The molecular weight excluding hydrogens is 236 g/mol. The van der Waals surface area contributed by atoms with Crippen LogP contribution in [-0.4, -0.2) is 41.6 Å². The number of piperazine rings is 1. The average Bonchev–Trinajstić information content (AvgIpc) is 2.85. The molecule has 1 aromatic heterocycles. The Hall–Kier alpha value is -1.13. The van der Waals surface area contributed by atoms with E-state index in [1.54, 1.807) is 0 Å². The number of pyridine rings is 1. The normalized spacial score (nSPS) is 29.3. The highest BCUT2D eigenvalue weighted by atomic mass is 15.3. The molecule has 0 aromatic carbocycles. The van der Waals surface area contributed by atoms with Crippen molar-refractivity contribution in [1.82, 2.24) is 9.88 Å². The molecule has 0 amide bonds. The second kappa shape index (κ2) is 5.10. The first-order valence-corrected chi connectivity index (χ1v) is 7.37. The van der Waals surface area contributed by atoms with Crippen molar-refractivity contribution < 1.29 is 0 Å². The van der Waals surface area contributed by atoms with Crippen molar-refractivity contribution in [3.63, 3.8) is 0 Å². The molecular formula is C15H24N4. The van der Waals surface area contributed by atoms with E-state index in [0.717, 1.165) is 24.9 Å². The van der Waals surface area contributed by atoms with Gasteiger partial charge in [-0.1, -0.05) is 0 Å². The van der Waals surface area contributed by atoms with Gasteiger partial charge in [0, 0.05) is 37.4 Å². The molecule has 3 heterocycles. The Morgan fingerprint density at radius 3 is 3.05 bits per heavy atom. The van der Waals surface area contributed by atoms with Gasteiger partial charge in [-0.25, -0.2) is 4.98 Å². The first-order valence-electron chi connectivity index (χ1n) is 7.37. The summed E-state index contributed by atoms with van der Waals surface area (Å²) in [6.45, 7) is 7.87. The Balaban J connectivity index is 1.82. The third-order valence-corrected chi connectivity index (χ3v) is 4.53. The molecule has 0 aliphatic carbocycles. The van der Waals surface area contributed by atoms with E-state index in [2.05, 4.69) is 27.8 Å². The van der Waals surface area contributed by atoms with Gasteiger partial charge in [-0.15, -0.1) is 0 Å². The number of anilines is 1. The van der Waals surface area contributed by atoms with Gasteiger partial charge in [-0.2, -0.15) is 0 Å². The van der Waals surface area contributed by atoms with E-state index >= 15 is 0 Å². The minimum atomic E-state index is 0.0739. The van der Waals surface area contributed by atoms with E-state index in [0.29, 0.717) is 6.04 Å². The fourth-order valence-corrected chi connectivity index (χ4v) is 3.38. The number of nitrogens with zero attached hydrogens (tertiary/aromatic N) is 3. The van der Waals surface area contributed by atoms with Gasteiger partial charge in [0.05, 0.1) is 0 Å². The lowest BCUT2D eigenvalue weighted by molar-refractivity contribution is 0.202. The smallest absolute Gasteiger partial charge is 0.129 e. The Morgan fingerprint density at radius 2 is 2.26 bits per heavy atom. The van der Waals surface area contributed by atoms with Crippen LogP contribution < -0.4 is 10.6 Å². The van der Waals surface area contributed by atoms with Crippen molar-refractivity contribution in [2.24, 2.45) is 5.73 Å². The predicted molar refractivity (Wildman–Crippen MR) is 78.2 cm³/mol. The van der Waals surface area contributed by atoms with Crippen molar-refractivity contribution in [3.05, 3.63) is 23.9 Å².